The van der Waals surface area contributed by atoms with Crippen molar-refractivity contribution in [3.05, 3.63) is 41.9 Å². The highest BCUT2D eigenvalue weighted by Gasteiger charge is 2.56. The summed E-state index contributed by atoms with van der Waals surface area (Å²) in [5.41, 5.74) is 5.78. The molecule has 1 saturated heterocycles. The molecule has 4 N–H and O–H groups in total. The molecule has 0 aromatic carbocycles. The molecule has 0 aliphatic carbocycles. The van der Waals surface area contributed by atoms with Crippen LogP contribution in [0.3, 0.4) is 0 Å². The van der Waals surface area contributed by atoms with Gasteiger partial charge in [-0.15, -0.1) is 11.8 Å². The van der Waals surface area contributed by atoms with Gasteiger partial charge >= 0.3 is 5.97 Å². The lowest BCUT2D eigenvalue weighted by Crippen LogP contribution is -2.71. The Hall–Kier alpha value is -3.63. The fourth-order valence-corrected chi connectivity index (χ4v) is 5.71. The molecule has 4 heterocycles. The van der Waals surface area contributed by atoms with E-state index in [2.05, 4.69) is 24.8 Å². The van der Waals surface area contributed by atoms with E-state index in [1.54, 1.807) is 24.8 Å². The summed E-state index contributed by atoms with van der Waals surface area (Å²) < 4.78 is 5.77. The molecule has 3 atom stereocenters. The van der Waals surface area contributed by atoms with Gasteiger partial charge in [-0.2, -0.15) is 13.9 Å². The second kappa shape index (κ2) is 9.93. The number of β-lactam (4-membered cyclic amide) rings is 1. The van der Waals surface area contributed by atoms with Gasteiger partial charge < -0.3 is 21.0 Å². The number of amides is 2. The first-order valence-electron chi connectivity index (χ1n) is 10.1. The molecule has 184 valence electrons. The average Bonchev–Trinajstić information content (AvgIpc) is 3.26. The monoisotopic (exact) mass is 520 g/mol. The lowest BCUT2D eigenvalue weighted by Gasteiger charge is -2.49. The first-order valence-corrected chi connectivity index (χ1v) is 12.0. The lowest BCUT2D eigenvalue weighted by molar-refractivity contribution is -0.733. The summed E-state index contributed by atoms with van der Waals surface area (Å²) in [6.07, 6.45) is 6.19. The molecule has 2 unspecified atom stereocenters. The van der Waals surface area contributed by atoms with Crippen LogP contribution in [0.5, 0.6) is 0 Å². The van der Waals surface area contributed by atoms with Crippen molar-refractivity contribution in [2.75, 3.05) is 32.7 Å². The highest BCUT2D eigenvalue weighted by molar-refractivity contribution is 8.00. The van der Waals surface area contributed by atoms with E-state index in [1.807, 2.05) is 23.6 Å². The number of carbonyl (C=O) groups is 3. The summed E-state index contributed by atoms with van der Waals surface area (Å²) in [6.45, 7) is 0. The number of likely N-dealkylation sites (N-methyl/N-ethyl adjacent to an activating group) is 1. The summed E-state index contributed by atoms with van der Waals surface area (Å²) in [6, 6.07) is -0.965. The zero-order chi connectivity index (χ0) is 25.3. The smallest absolute Gasteiger partial charge is 0.352 e. The molecule has 2 aliphatic rings. The minimum atomic E-state index is -1.23. The van der Waals surface area contributed by atoms with Crippen molar-refractivity contribution in [3.63, 3.8) is 0 Å². The van der Waals surface area contributed by atoms with Gasteiger partial charge in [0.2, 0.25) is 17.7 Å². The molecule has 2 aromatic rings. The second-order valence-electron chi connectivity index (χ2n) is 7.65. The zero-order valence-electron chi connectivity index (χ0n) is 18.9. The summed E-state index contributed by atoms with van der Waals surface area (Å²) in [4.78, 5) is 54.0. The van der Waals surface area contributed by atoms with Crippen LogP contribution in [-0.2, 0) is 19.2 Å². The average molecular weight is 521 g/mol. The number of nitrogen functional groups attached to an aromatic ring is 1. The highest BCUT2D eigenvalue weighted by Crippen LogP contribution is 2.42. The van der Waals surface area contributed by atoms with E-state index in [-0.39, 0.29) is 22.4 Å². The predicted molar refractivity (Wildman–Crippen MR) is 125 cm³/mol. The van der Waals surface area contributed by atoms with Crippen LogP contribution < -0.4 is 15.6 Å². The Labute approximate surface area is 207 Å². The molecular formula is C19H22N9O5S2+. The van der Waals surface area contributed by atoms with Crippen LogP contribution in [0.4, 0.5) is 5.13 Å². The van der Waals surface area contributed by atoms with Crippen LogP contribution in [0.2, 0.25) is 0 Å². The van der Waals surface area contributed by atoms with Crippen molar-refractivity contribution in [3.8, 4) is 0 Å². The number of hydrogen-bond donors (Lipinski definition) is 3. The molecule has 35 heavy (non-hydrogen) atoms. The number of fused-ring (bicyclic) bond motifs is 1. The minimum absolute atomic E-state index is 0.0385. The Kier molecular flexibility index (Phi) is 6.95. The molecule has 4 rings (SSSR count). The maximum absolute atomic E-state index is 13.1. The number of carbonyl (C=O) groups excluding carboxylic acids is 2. The lowest BCUT2D eigenvalue weighted by atomic mass is 10.0. The van der Waals surface area contributed by atoms with Gasteiger partial charge in [0.1, 0.15) is 24.2 Å². The normalized spacial score (nSPS) is 20.9. The fraction of sp³-hybridized carbons (Fsp3) is 0.368. The number of anilines is 1. The number of aliphatic carboxylic acids is 1. The van der Waals surface area contributed by atoms with Gasteiger partial charge in [-0.3, -0.25) is 19.5 Å². The maximum Gasteiger partial charge on any atom is 0.352 e. The van der Waals surface area contributed by atoms with Crippen LogP contribution in [0, 0.1) is 0 Å². The van der Waals surface area contributed by atoms with E-state index in [4.69, 9.17) is 10.6 Å². The number of carboxylic acid groups (broad SMARTS) is 1. The van der Waals surface area contributed by atoms with Gasteiger partial charge in [0.25, 0.3) is 11.8 Å². The highest BCUT2D eigenvalue weighted by atomic mass is 32.2. The van der Waals surface area contributed by atoms with Crippen LogP contribution in [0.15, 0.2) is 41.2 Å². The number of nitrogens with zero attached hydrogens (tertiary/aromatic N) is 7. The van der Waals surface area contributed by atoms with Crippen molar-refractivity contribution in [2.45, 2.75) is 17.6 Å². The van der Waals surface area contributed by atoms with Gasteiger partial charge in [0, 0.05) is 17.3 Å². The molecule has 2 aliphatic heterocycles. The van der Waals surface area contributed by atoms with Crippen LogP contribution >= 0.6 is 23.3 Å². The molecule has 0 bridgehead atoms. The molecule has 0 spiro atoms. The number of oxime groups is 1. The van der Waals surface area contributed by atoms with Crippen LogP contribution in [0.1, 0.15) is 12.0 Å². The number of thioether (sulfide) groups is 1. The third-order valence-electron chi connectivity index (χ3n) is 5.27. The summed E-state index contributed by atoms with van der Waals surface area (Å²) in [7, 11) is 4.89. The van der Waals surface area contributed by atoms with Crippen molar-refractivity contribution >= 4 is 51.9 Å². The SMILES string of the molecule is CON=C(C(=O)NC1C(=O)N2C(C(=O)O)=C(C(N(C)C)[n+]3ccncc3)CS[C@@H]12)c1nsc(N)n1. The molecule has 14 nitrogen and oxygen atoms in total. The Morgan fingerprint density at radius 1 is 1.40 bits per heavy atom. The summed E-state index contributed by atoms with van der Waals surface area (Å²) in [5, 5.41) is 15.8. The topological polar surface area (TPSA) is 180 Å². The van der Waals surface area contributed by atoms with Gasteiger partial charge in [0.05, 0.1) is 18.0 Å². The second-order valence-corrected chi connectivity index (χ2v) is 9.54. The van der Waals surface area contributed by atoms with Crippen molar-refractivity contribution < 1.29 is 28.9 Å². The number of aromatic nitrogens is 4. The van der Waals surface area contributed by atoms with E-state index in [0.29, 0.717) is 11.3 Å². The van der Waals surface area contributed by atoms with Crippen LogP contribution in [0.25, 0.3) is 0 Å². The summed E-state index contributed by atoms with van der Waals surface area (Å²) in [5.74, 6) is -2.24. The maximum atomic E-state index is 13.1. The molecule has 2 aromatic heterocycles. The third kappa shape index (κ3) is 4.54. The van der Waals surface area contributed by atoms with Gasteiger partial charge in [-0.05, 0) is 14.1 Å². The molecule has 16 heteroatoms. The van der Waals surface area contributed by atoms with Gasteiger partial charge in [-0.25, -0.2) is 9.69 Å². The van der Waals surface area contributed by atoms with Gasteiger partial charge in [-0.1, -0.05) is 5.16 Å². The Bertz CT molecular complexity index is 1220. The Morgan fingerprint density at radius 2 is 2.11 bits per heavy atom. The predicted octanol–water partition coefficient (Wildman–Crippen LogP) is -1.35. The third-order valence-corrected chi connectivity index (χ3v) is 7.12. The van der Waals surface area contributed by atoms with E-state index >= 15 is 0 Å². The van der Waals surface area contributed by atoms with E-state index < -0.39 is 35.4 Å². The van der Waals surface area contributed by atoms with E-state index in [0.717, 1.165) is 11.5 Å². The zero-order valence-corrected chi connectivity index (χ0v) is 20.5. The van der Waals surface area contributed by atoms with E-state index in [9.17, 15) is 19.5 Å². The van der Waals surface area contributed by atoms with Crippen molar-refractivity contribution in [1.29, 1.82) is 0 Å². The van der Waals surface area contributed by atoms with Crippen molar-refractivity contribution in [1.82, 2.24) is 29.5 Å². The largest absolute Gasteiger partial charge is 0.477 e. The Morgan fingerprint density at radius 3 is 2.69 bits per heavy atom. The minimum Gasteiger partial charge on any atom is -0.477 e. The fourth-order valence-electron chi connectivity index (χ4n) is 3.91. The molecule has 2 amide bonds. The number of nitrogens with one attached hydrogen (secondary N) is 1. The number of nitrogens with two attached hydrogens (primary N) is 1. The molecule has 0 radical (unpaired) electrons. The first kappa shape index (κ1) is 24.5. The molecular weight excluding hydrogens is 498 g/mol. The molecule has 0 saturated carbocycles. The van der Waals surface area contributed by atoms with Crippen molar-refractivity contribution in [2.24, 2.45) is 5.16 Å². The number of carboxylic acids is 1. The Balaban J connectivity index is 1.61. The van der Waals surface area contributed by atoms with Gasteiger partial charge in [0.15, 0.2) is 17.5 Å². The standard InChI is InChI=1S/C19H21N9O5S2/c1-26(2)15(27-6-4-21-5-7-27)9-8-34-17-11(16(30)28(17)12(9)18(31)32)22-14(29)10(24-33-3)13-23-19(20)35-25-13/h4-7,11,15,17H,8H2,1-3H3,(H3-,20,22,23,25,29,31,32)/p+1/t11?,15?,17-/m0/s1. The number of hydrogen-bond acceptors (Lipinski definition) is 12. The van der Waals surface area contributed by atoms with E-state index in [1.165, 1.54) is 23.8 Å². The molecule has 1 fully saturated rings. The quantitative estimate of drug-likeness (QED) is 0.162. The first-order chi connectivity index (χ1) is 16.7. The number of rotatable bonds is 8. The van der Waals surface area contributed by atoms with Crippen LogP contribution in [-0.4, -0.2) is 91.1 Å². The summed E-state index contributed by atoms with van der Waals surface area (Å²) >= 11 is 2.23.